The Labute approximate surface area is 143 Å². The molecule has 1 aliphatic heterocycles. The number of carbonyl (C=O) groups is 1. The highest BCUT2D eigenvalue weighted by Gasteiger charge is 2.23. The maximum atomic E-state index is 12.4. The van der Waals surface area contributed by atoms with Crippen LogP contribution in [-0.4, -0.2) is 36.5 Å². The van der Waals surface area contributed by atoms with Crippen molar-refractivity contribution in [3.63, 3.8) is 0 Å². The molecular weight excluding hydrogens is 300 g/mol. The van der Waals surface area contributed by atoms with Crippen molar-refractivity contribution in [3.8, 4) is 0 Å². The van der Waals surface area contributed by atoms with E-state index in [0.29, 0.717) is 5.76 Å². The first-order valence-electron chi connectivity index (χ1n) is 8.76. The van der Waals surface area contributed by atoms with Crippen LogP contribution in [0.3, 0.4) is 0 Å². The van der Waals surface area contributed by atoms with Gasteiger partial charge in [-0.25, -0.2) is 0 Å². The molecule has 1 N–H and O–H groups in total. The third-order valence-electron chi connectivity index (χ3n) is 4.65. The summed E-state index contributed by atoms with van der Waals surface area (Å²) >= 11 is 0. The predicted molar refractivity (Wildman–Crippen MR) is 95.3 cm³/mol. The van der Waals surface area contributed by atoms with Gasteiger partial charge >= 0.3 is 0 Å². The number of piperidine rings is 1. The lowest BCUT2D eigenvalue weighted by atomic mass is 10.0. The molecule has 4 heteroatoms. The Hall–Kier alpha value is -2.07. The summed E-state index contributed by atoms with van der Waals surface area (Å²) in [5, 5.41) is 3.14. The Morgan fingerprint density at radius 3 is 2.79 bits per heavy atom. The SMILES string of the molecule is Cc1cc(C)c(C(=O)N[C@@H]2CCCN(CCc3ccccc3)C2)o1. The minimum atomic E-state index is -0.0875. The van der Waals surface area contributed by atoms with Crippen LogP contribution in [0.4, 0.5) is 0 Å². The Bertz CT molecular complexity index is 678. The Morgan fingerprint density at radius 1 is 1.29 bits per heavy atom. The summed E-state index contributed by atoms with van der Waals surface area (Å²) < 4.78 is 5.52. The van der Waals surface area contributed by atoms with Gasteiger partial charge in [0.15, 0.2) is 5.76 Å². The lowest BCUT2D eigenvalue weighted by Crippen LogP contribution is -2.48. The number of nitrogens with zero attached hydrogens (tertiary/aromatic N) is 1. The van der Waals surface area contributed by atoms with Crippen LogP contribution in [-0.2, 0) is 6.42 Å². The molecule has 0 radical (unpaired) electrons. The van der Waals surface area contributed by atoms with Crippen molar-refractivity contribution in [1.29, 1.82) is 0 Å². The maximum Gasteiger partial charge on any atom is 0.287 e. The lowest BCUT2D eigenvalue weighted by molar-refractivity contribution is 0.0874. The van der Waals surface area contributed by atoms with Crippen LogP contribution in [0.1, 0.15) is 40.3 Å². The molecule has 1 amide bonds. The molecule has 1 aromatic heterocycles. The number of aryl methyl sites for hydroxylation is 2. The van der Waals surface area contributed by atoms with Crippen LogP contribution in [0.5, 0.6) is 0 Å². The van der Waals surface area contributed by atoms with Crippen molar-refractivity contribution in [1.82, 2.24) is 10.2 Å². The summed E-state index contributed by atoms with van der Waals surface area (Å²) in [6, 6.07) is 12.7. The molecule has 2 heterocycles. The number of hydrogen-bond acceptors (Lipinski definition) is 3. The molecule has 4 nitrogen and oxygen atoms in total. The van der Waals surface area contributed by atoms with Gasteiger partial charge in [0.25, 0.3) is 5.91 Å². The molecule has 1 aliphatic rings. The van der Waals surface area contributed by atoms with Gasteiger partial charge in [0.2, 0.25) is 0 Å². The van der Waals surface area contributed by atoms with E-state index in [9.17, 15) is 4.79 Å². The smallest absolute Gasteiger partial charge is 0.287 e. The minimum Gasteiger partial charge on any atom is -0.456 e. The third kappa shape index (κ3) is 4.26. The standard InChI is InChI=1S/C20H26N2O2/c1-15-13-16(2)24-19(15)20(23)21-18-9-6-11-22(14-18)12-10-17-7-4-3-5-8-17/h3-5,7-8,13,18H,6,9-12,14H2,1-2H3,(H,21,23)/t18-/m1/s1. The normalized spacial score (nSPS) is 18.5. The summed E-state index contributed by atoms with van der Waals surface area (Å²) in [6.45, 7) is 6.85. The molecule has 1 atom stereocenters. The number of nitrogens with one attached hydrogen (secondary N) is 1. The van der Waals surface area contributed by atoms with Gasteiger partial charge in [-0.3, -0.25) is 4.79 Å². The van der Waals surface area contributed by atoms with Gasteiger partial charge in [-0.15, -0.1) is 0 Å². The van der Waals surface area contributed by atoms with E-state index < -0.39 is 0 Å². The second-order valence-electron chi connectivity index (χ2n) is 6.72. The van der Waals surface area contributed by atoms with E-state index in [2.05, 4.69) is 34.5 Å². The van der Waals surface area contributed by atoms with Gasteiger partial charge in [0.1, 0.15) is 5.76 Å². The fourth-order valence-corrected chi connectivity index (χ4v) is 3.43. The predicted octanol–water partition coefficient (Wildman–Crippen LogP) is 3.33. The number of rotatable bonds is 5. The zero-order chi connectivity index (χ0) is 16.9. The van der Waals surface area contributed by atoms with Crippen LogP contribution < -0.4 is 5.32 Å². The summed E-state index contributed by atoms with van der Waals surface area (Å²) in [5.41, 5.74) is 2.27. The molecule has 128 valence electrons. The molecular formula is C20H26N2O2. The van der Waals surface area contributed by atoms with Gasteiger partial charge in [-0.2, -0.15) is 0 Å². The van der Waals surface area contributed by atoms with E-state index in [0.717, 1.165) is 50.2 Å². The summed E-state index contributed by atoms with van der Waals surface area (Å²) in [4.78, 5) is 14.9. The van der Waals surface area contributed by atoms with Gasteiger partial charge in [-0.1, -0.05) is 30.3 Å². The van der Waals surface area contributed by atoms with E-state index in [1.54, 1.807) is 0 Å². The first-order valence-corrected chi connectivity index (χ1v) is 8.76. The zero-order valence-electron chi connectivity index (χ0n) is 14.5. The summed E-state index contributed by atoms with van der Waals surface area (Å²) in [7, 11) is 0. The van der Waals surface area contributed by atoms with E-state index >= 15 is 0 Å². The van der Waals surface area contributed by atoms with E-state index in [1.807, 2.05) is 26.0 Å². The van der Waals surface area contributed by atoms with Crippen molar-refractivity contribution >= 4 is 5.91 Å². The number of benzene rings is 1. The maximum absolute atomic E-state index is 12.4. The molecule has 1 fully saturated rings. The average Bonchev–Trinajstić information content (AvgIpc) is 2.93. The Balaban J connectivity index is 1.52. The van der Waals surface area contributed by atoms with Crippen molar-refractivity contribution in [2.45, 2.75) is 39.2 Å². The lowest BCUT2D eigenvalue weighted by Gasteiger charge is -2.33. The molecule has 1 aromatic carbocycles. The minimum absolute atomic E-state index is 0.0875. The number of carbonyl (C=O) groups excluding carboxylic acids is 1. The molecule has 3 rings (SSSR count). The van der Waals surface area contributed by atoms with Crippen molar-refractivity contribution in [2.75, 3.05) is 19.6 Å². The van der Waals surface area contributed by atoms with Crippen molar-refractivity contribution < 1.29 is 9.21 Å². The second kappa shape index (κ2) is 7.67. The van der Waals surface area contributed by atoms with E-state index in [-0.39, 0.29) is 11.9 Å². The van der Waals surface area contributed by atoms with Crippen LogP contribution in [0, 0.1) is 13.8 Å². The number of hydrogen-bond donors (Lipinski definition) is 1. The molecule has 2 aromatic rings. The molecule has 0 unspecified atom stereocenters. The van der Waals surface area contributed by atoms with Gasteiger partial charge < -0.3 is 14.6 Å². The van der Waals surface area contributed by atoms with E-state index in [4.69, 9.17) is 4.42 Å². The molecule has 0 bridgehead atoms. The molecule has 0 saturated carbocycles. The van der Waals surface area contributed by atoms with Crippen LogP contribution in [0.25, 0.3) is 0 Å². The highest BCUT2D eigenvalue weighted by atomic mass is 16.3. The summed E-state index contributed by atoms with van der Waals surface area (Å²) in [6.07, 6.45) is 3.21. The fraction of sp³-hybridized carbons (Fsp3) is 0.450. The zero-order valence-corrected chi connectivity index (χ0v) is 14.5. The van der Waals surface area contributed by atoms with Crippen molar-refractivity contribution in [2.24, 2.45) is 0 Å². The topological polar surface area (TPSA) is 45.5 Å². The third-order valence-corrected chi connectivity index (χ3v) is 4.65. The number of furan rings is 1. The highest BCUT2D eigenvalue weighted by molar-refractivity contribution is 5.93. The highest BCUT2D eigenvalue weighted by Crippen LogP contribution is 2.16. The quantitative estimate of drug-likeness (QED) is 0.916. The van der Waals surface area contributed by atoms with Gasteiger partial charge in [0, 0.05) is 24.7 Å². The molecule has 24 heavy (non-hydrogen) atoms. The van der Waals surface area contributed by atoms with Crippen LogP contribution in [0.15, 0.2) is 40.8 Å². The molecule has 0 aliphatic carbocycles. The number of likely N-dealkylation sites (tertiary alicyclic amines) is 1. The largest absolute Gasteiger partial charge is 0.456 e. The van der Waals surface area contributed by atoms with Crippen molar-refractivity contribution in [3.05, 3.63) is 59.0 Å². The van der Waals surface area contributed by atoms with Crippen LogP contribution in [0.2, 0.25) is 0 Å². The average molecular weight is 326 g/mol. The summed E-state index contributed by atoms with van der Waals surface area (Å²) in [5.74, 6) is 1.15. The Morgan fingerprint density at radius 2 is 2.08 bits per heavy atom. The number of amides is 1. The van der Waals surface area contributed by atoms with Crippen LogP contribution >= 0.6 is 0 Å². The van der Waals surface area contributed by atoms with E-state index in [1.165, 1.54) is 5.56 Å². The Kier molecular flexibility index (Phi) is 5.36. The fourth-order valence-electron chi connectivity index (χ4n) is 3.43. The second-order valence-corrected chi connectivity index (χ2v) is 6.72. The first kappa shape index (κ1) is 16.8. The molecule has 1 saturated heterocycles. The van der Waals surface area contributed by atoms with Gasteiger partial charge in [-0.05, 0) is 51.3 Å². The van der Waals surface area contributed by atoms with Gasteiger partial charge in [0.05, 0.1) is 0 Å². The monoisotopic (exact) mass is 326 g/mol. The first-order chi connectivity index (χ1) is 11.6. The molecule has 0 spiro atoms.